The monoisotopic (exact) mass is 171 g/mol. The Hall–Kier alpha value is -0.543. The topological polar surface area (TPSA) is 107 Å². The molecule has 0 rings (SSSR count). The number of aliphatic carboxylic acids is 2. The molecule has 66 valence electrons. The first-order valence-electron chi connectivity index (χ1n) is 2.79. The van der Waals surface area contributed by atoms with E-state index >= 15 is 0 Å². The molecule has 0 aromatic heterocycles. The van der Waals surface area contributed by atoms with Gasteiger partial charge in [-0.3, -0.25) is 10.1 Å². The van der Waals surface area contributed by atoms with Crippen molar-refractivity contribution >= 4 is 30.8 Å². The zero-order valence-corrected chi connectivity index (χ0v) is 5.87. The number of carboxylic acid groups (broad SMARTS) is 2. The Bertz CT molecular complexity index is 185. The normalized spacial score (nSPS) is 14.2. The number of hydrogen-bond acceptors (Lipinski definition) is 4. The van der Waals surface area contributed by atoms with Crippen LogP contribution >= 0.6 is 0 Å². The molecular formula is C5H10LiNO5. The second kappa shape index (κ2) is 5.16. The van der Waals surface area contributed by atoms with E-state index in [1.54, 1.807) is 0 Å². The van der Waals surface area contributed by atoms with Crippen molar-refractivity contribution in [3.8, 4) is 0 Å². The molecule has 0 aromatic rings. The van der Waals surface area contributed by atoms with Gasteiger partial charge in [0.25, 0.3) is 0 Å². The van der Waals surface area contributed by atoms with Gasteiger partial charge in [-0.05, 0) is 7.05 Å². The average molecular weight is 171 g/mol. The maximum absolute atomic E-state index is 10.2. The van der Waals surface area contributed by atoms with Gasteiger partial charge in [0.05, 0.1) is 6.42 Å². The third-order valence-corrected chi connectivity index (χ3v) is 1.17. The van der Waals surface area contributed by atoms with Crippen LogP contribution in [0.2, 0.25) is 0 Å². The van der Waals surface area contributed by atoms with Crippen LogP contribution < -0.4 is 5.32 Å². The molecule has 0 aromatic carbocycles. The van der Waals surface area contributed by atoms with Crippen LogP contribution in [-0.2, 0) is 9.59 Å². The van der Waals surface area contributed by atoms with E-state index in [1.165, 1.54) is 0 Å². The van der Waals surface area contributed by atoms with Gasteiger partial charge < -0.3 is 15.3 Å². The van der Waals surface area contributed by atoms with Gasteiger partial charge in [-0.15, -0.1) is 0 Å². The standard InChI is InChI=1S/C5H9NO5.Li.H/c1-6-5(11,4(9)10)2-3(7)8;;/h6,11H,2H2,1H3,(H,7,8)(H,9,10);;/t5-;;/m1../s1. The summed E-state index contributed by atoms with van der Waals surface area (Å²) in [5, 5.41) is 27.4. The summed E-state index contributed by atoms with van der Waals surface area (Å²) < 4.78 is 0. The van der Waals surface area contributed by atoms with Crippen molar-refractivity contribution in [2.45, 2.75) is 12.1 Å². The predicted molar refractivity (Wildman–Crippen MR) is 41.0 cm³/mol. The Balaban J connectivity index is 0. The fourth-order valence-electron chi connectivity index (χ4n) is 0.490. The van der Waals surface area contributed by atoms with E-state index in [4.69, 9.17) is 15.3 Å². The number of carbonyl (C=O) groups is 2. The number of hydrogen-bond donors (Lipinski definition) is 4. The van der Waals surface area contributed by atoms with Crippen LogP contribution in [-0.4, -0.2) is 58.9 Å². The molecule has 0 saturated carbocycles. The molecule has 0 aliphatic heterocycles. The molecule has 0 heterocycles. The second-order valence-electron chi connectivity index (χ2n) is 1.99. The summed E-state index contributed by atoms with van der Waals surface area (Å²) in [6, 6.07) is 0. The first-order chi connectivity index (χ1) is 4.92. The number of nitrogens with one attached hydrogen (secondary N) is 1. The summed E-state index contributed by atoms with van der Waals surface area (Å²) in [6.45, 7) is 0. The van der Waals surface area contributed by atoms with Crippen molar-refractivity contribution in [1.29, 1.82) is 0 Å². The molecule has 0 bridgehead atoms. The van der Waals surface area contributed by atoms with Gasteiger partial charge in [-0.2, -0.15) is 0 Å². The minimum atomic E-state index is -2.37. The number of carboxylic acids is 2. The summed E-state index contributed by atoms with van der Waals surface area (Å²) in [4.78, 5) is 20.2. The van der Waals surface area contributed by atoms with E-state index < -0.39 is 24.1 Å². The van der Waals surface area contributed by atoms with E-state index in [2.05, 4.69) is 0 Å². The van der Waals surface area contributed by atoms with Crippen LogP contribution in [0.4, 0.5) is 0 Å². The molecular weight excluding hydrogens is 161 g/mol. The molecule has 0 aliphatic carbocycles. The number of aliphatic hydroxyl groups is 1. The summed E-state index contributed by atoms with van der Waals surface area (Å²) >= 11 is 0. The van der Waals surface area contributed by atoms with E-state index in [0.717, 1.165) is 7.05 Å². The van der Waals surface area contributed by atoms with Crippen molar-refractivity contribution in [2.24, 2.45) is 0 Å². The second-order valence-corrected chi connectivity index (χ2v) is 1.99. The van der Waals surface area contributed by atoms with Crippen molar-refractivity contribution in [1.82, 2.24) is 5.32 Å². The Morgan fingerprint density at radius 2 is 1.83 bits per heavy atom. The molecule has 0 aliphatic rings. The summed E-state index contributed by atoms with van der Waals surface area (Å²) in [5.74, 6) is -2.99. The van der Waals surface area contributed by atoms with Gasteiger partial charge in [-0.25, -0.2) is 4.79 Å². The van der Waals surface area contributed by atoms with Crippen LogP contribution in [0.5, 0.6) is 0 Å². The van der Waals surface area contributed by atoms with Crippen LogP contribution in [0.3, 0.4) is 0 Å². The van der Waals surface area contributed by atoms with Gasteiger partial charge in [0.2, 0.25) is 5.72 Å². The molecule has 12 heavy (non-hydrogen) atoms. The van der Waals surface area contributed by atoms with Crippen molar-refractivity contribution in [3.63, 3.8) is 0 Å². The van der Waals surface area contributed by atoms with Crippen molar-refractivity contribution in [3.05, 3.63) is 0 Å². The summed E-state index contributed by atoms with van der Waals surface area (Å²) in [7, 11) is 1.16. The van der Waals surface area contributed by atoms with E-state index in [0.29, 0.717) is 0 Å². The molecule has 4 N–H and O–H groups in total. The van der Waals surface area contributed by atoms with Crippen molar-refractivity contribution in [2.75, 3.05) is 7.05 Å². The third-order valence-electron chi connectivity index (χ3n) is 1.17. The van der Waals surface area contributed by atoms with Crippen LogP contribution in [0.1, 0.15) is 6.42 Å². The number of rotatable bonds is 4. The van der Waals surface area contributed by atoms with Gasteiger partial charge in [0.15, 0.2) is 0 Å². The Labute approximate surface area is 80.8 Å². The fourth-order valence-corrected chi connectivity index (χ4v) is 0.490. The molecule has 1 atom stereocenters. The first kappa shape index (κ1) is 14.0. The maximum atomic E-state index is 10.2. The zero-order valence-electron chi connectivity index (χ0n) is 5.87. The molecule has 0 spiro atoms. The Morgan fingerprint density at radius 3 is 1.92 bits per heavy atom. The molecule has 6 nitrogen and oxygen atoms in total. The molecule has 7 heteroatoms. The summed E-state index contributed by atoms with van der Waals surface area (Å²) in [6.07, 6.45) is -0.876. The third kappa shape index (κ3) is 3.74. The molecule has 0 amide bonds. The van der Waals surface area contributed by atoms with Crippen molar-refractivity contribution < 1.29 is 24.9 Å². The van der Waals surface area contributed by atoms with Gasteiger partial charge in [-0.1, -0.05) is 0 Å². The van der Waals surface area contributed by atoms with E-state index in [1.807, 2.05) is 5.32 Å². The molecule has 0 unspecified atom stereocenters. The first-order valence-corrected chi connectivity index (χ1v) is 2.79. The quantitative estimate of drug-likeness (QED) is 0.282. The van der Waals surface area contributed by atoms with E-state index in [-0.39, 0.29) is 18.9 Å². The van der Waals surface area contributed by atoms with Crippen LogP contribution in [0.15, 0.2) is 0 Å². The Kier molecular flexibility index (Phi) is 6.03. The molecule has 0 fully saturated rings. The molecule has 0 saturated heterocycles. The number of likely N-dealkylation sites (N-methyl/N-ethyl adjacent to an activating group) is 1. The van der Waals surface area contributed by atoms with Crippen LogP contribution in [0.25, 0.3) is 0 Å². The SMILES string of the molecule is CN[C@@](O)(CC(=O)O)C(=O)O.[LiH]. The van der Waals surface area contributed by atoms with Crippen LogP contribution in [0, 0.1) is 0 Å². The zero-order chi connectivity index (χ0) is 9.07. The predicted octanol–water partition coefficient (Wildman–Crippen LogP) is -2.19. The summed E-state index contributed by atoms with van der Waals surface area (Å²) in [5.41, 5.74) is -2.37. The minimum absolute atomic E-state index is 0. The van der Waals surface area contributed by atoms with Gasteiger partial charge in [0, 0.05) is 0 Å². The van der Waals surface area contributed by atoms with Gasteiger partial charge in [0.1, 0.15) is 0 Å². The van der Waals surface area contributed by atoms with E-state index in [9.17, 15) is 9.59 Å². The molecule has 0 radical (unpaired) electrons. The van der Waals surface area contributed by atoms with Gasteiger partial charge >= 0.3 is 30.8 Å². The Morgan fingerprint density at radius 1 is 1.42 bits per heavy atom. The average Bonchev–Trinajstić information content (AvgIpc) is 1.86. The fraction of sp³-hybridized carbons (Fsp3) is 0.600.